The zero-order valence-corrected chi connectivity index (χ0v) is 12.7. The lowest BCUT2D eigenvalue weighted by molar-refractivity contribution is 0.0753. The third kappa shape index (κ3) is 3.51. The lowest BCUT2D eigenvalue weighted by Gasteiger charge is -2.28. The summed E-state index contributed by atoms with van der Waals surface area (Å²) in [6, 6.07) is 0. The topological polar surface area (TPSA) is 79.2 Å². The van der Waals surface area contributed by atoms with Crippen LogP contribution in [0.3, 0.4) is 0 Å². The number of β-amino-alcohol motifs (C(OH)–C–C–N with tert-alkyl or cyclic N) is 1. The molecule has 1 aromatic rings. The first-order valence-electron chi connectivity index (χ1n) is 7.36. The molecular weight excluding hydrogens is 268 g/mol. The minimum atomic E-state index is -0.398. The van der Waals surface area contributed by atoms with Gasteiger partial charge in [-0.05, 0) is 26.8 Å². The maximum atomic E-state index is 12.4. The summed E-state index contributed by atoms with van der Waals surface area (Å²) in [5, 5.41) is 20.3. The van der Waals surface area contributed by atoms with Crippen LogP contribution >= 0.6 is 0 Å². The third-order valence-electron chi connectivity index (χ3n) is 4.02. The Hall–Kier alpha value is -1.66. The Morgan fingerprint density at radius 1 is 1.62 bits per heavy atom. The van der Waals surface area contributed by atoms with Crippen molar-refractivity contribution in [2.45, 2.75) is 32.9 Å². The molecule has 0 radical (unpaired) electrons. The fourth-order valence-corrected chi connectivity index (χ4v) is 2.77. The van der Waals surface area contributed by atoms with E-state index in [1.54, 1.807) is 10.8 Å². The monoisotopic (exact) mass is 292 g/mol. The molecule has 6 heteroatoms. The zero-order valence-electron chi connectivity index (χ0n) is 12.7. The molecule has 2 heterocycles. The van der Waals surface area contributed by atoms with Gasteiger partial charge in [-0.15, -0.1) is 6.58 Å². The molecule has 2 rings (SSSR count). The molecule has 1 saturated heterocycles. The first kappa shape index (κ1) is 15.7. The summed E-state index contributed by atoms with van der Waals surface area (Å²) in [7, 11) is 0. The van der Waals surface area contributed by atoms with E-state index in [2.05, 4.69) is 22.3 Å². The van der Waals surface area contributed by atoms with Crippen LogP contribution in [-0.4, -0.2) is 46.5 Å². The molecule has 2 atom stereocenters. The summed E-state index contributed by atoms with van der Waals surface area (Å²) in [6.07, 6.45) is 2.23. The highest BCUT2D eigenvalue weighted by Crippen LogP contribution is 2.15. The van der Waals surface area contributed by atoms with Gasteiger partial charge in [-0.1, -0.05) is 6.08 Å². The standard InChI is InChI=1S/C15H24N4O2/c1-4-7-19-11(3)14(10(2)18-19)15(21)17-8-12-5-6-16-9-13(12)20/h4,12-13,16,20H,1,5-9H2,2-3H3,(H,17,21)/t12-,13+/m0/s1. The van der Waals surface area contributed by atoms with E-state index in [1.807, 2.05) is 13.8 Å². The van der Waals surface area contributed by atoms with E-state index in [0.717, 1.165) is 24.4 Å². The number of piperidine rings is 1. The molecule has 6 nitrogen and oxygen atoms in total. The average Bonchev–Trinajstić information content (AvgIpc) is 2.73. The number of carbonyl (C=O) groups excluding carboxylic acids is 1. The van der Waals surface area contributed by atoms with Gasteiger partial charge in [-0.2, -0.15) is 5.10 Å². The van der Waals surface area contributed by atoms with E-state index in [4.69, 9.17) is 0 Å². The minimum Gasteiger partial charge on any atom is -0.391 e. The summed E-state index contributed by atoms with van der Waals surface area (Å²) in [4.78, 5) is 12.4. The van der Waals surface area contributed by atoms with E-state index >= 15 is 0 Å². The zero-order chi connectivity index (χ0) is 15.4. The van der Waals surface area contributed by atoms with Crippen molar-refractivity contribution in [3.05, 3.63) is 29.6 Å². The Kier molecular flexibility index (Phi) is 5.14. The van der Waals surface area contributed by atoms with Crippen LogP contribution in [0.15, 0.2) is 12.7 Å². The van der Waals surface area contributed by atoms with Crippen molar-refractivity contribution in [2.24, 2.45) is 5.92 Å². The SMILES string of the molecule is C=CCn1nc(C)c(C(=O)NC[C@@H]2CCNC[C@H]2O)c1C. The Labute approximate surface area is 125 Å². The normalized spacial score (nSPS) is 22.0. The van der Waals surface area contributed by atoms with Crippen molar-refractivity contribution in [1.82, 2.24) is 20.4 Å². The Balaban J connectivity index is 2.01. The highest BCUT2D eigenvalue weighted by molar-refractivity contribution is 5.96. The van der Waals surface area contributed by atoms with Gasteiger partial charge in [-0.3, -0.25) is 9.48 Å². The summed E-state index contributed by atoms with van der Waals surface area (Å²) in [5.74, 6) is -0.00919. The Bertz CT molecular complexity index is 524. The number of hydrogen-bond acceptors (Lipinski definition) is 4. The number of aliphatic hydroxyl groups is 1. The molecule has 116 valence electrons. The molecule has 1 aliphatic rings. The van der Waals surface area contributed by atoms with Crippen molar-refractivity contribution in [3.63, 3.8) is 0 Å². The molecule has 1 aromatic heterocycles. The van der Waals surface area contributed by atoms with Crippen LogP contribution in [0.4, 0.5) is 0 Å². The number of carbonyl (C=O) groups is 1. The molecule has 21 heavy (non-hydrogen) atoms. The number of amides is 1. The summed E-state index contributed by atoms with van der Waals surface area (Å²) in [6.45, 7) is 9.97. The predicted molar refractivity (Wildman–Crippen MR) is 81.2 cm³/mol. The van der Waals surface area contributed by atoms with Crippen molar-refractivity contribution in [1.29, 1.82) is 0 Å². The van der Waals surface area contributed by atoms with Crippen molar-refractivity contribution >= 4 is 5.91 Å². The predicted octanol–water partition coefficient (Wildman–Crippen LogP) is 0.386. The number of rotatable bonds is 5. The van der Waals surface area contributed by atoms with E-state index in [9.17, 15) is 9.90 Å². The quantitative estimate of drug-likeness (QED) is 0.686. The van der Waals surface area contributed by atoms with Crippen LogP contribution in [0.25, 0.3) is 0 Å². The number of hydrogen-bond donors (Lipinski definition) is 3. The molecule has 0 spiro atoms. The van der Waals surface area contributed by atoms with E-state index in [0.29, 0.717) is 25.2 Å². The highest BCUT2D eigenvalue weighted by Gasteiger charge is 2.24. The van der Waals surface area contributed by atoms with Crippen LogP contribution in [0.5, 0.6) is 0 Å². The molecule has 0 bridgehead atoms. The fraction of sp³-hybridized carbons (Fsp3) is 0.600. The summed E-state index contributed by atoms with van der Waals surface area (Å²) in [5.41, 5.74) is 2.19. The molecule has 1 amide bonds. The second-order valence-electron chi connectivity index (χ2n) is 5.55. The number of allylic oxidation sites excluding steroid dienone is 1. The van der Waals surface area contributed by atoms with Gasteiger partial charge in [0.2, 0.25) is 0 Å². The van der Waals surface area contributed by atoms with Crippen molar-refractivity contribution in [2.75, 3.05) is 19.6 Å². The number of aryl methyl sites for hydroxylation is 1. The minimum absolute atomic E-state index is 0.110. The van der Waals surface area contributed by atoms with Gasteiger partial charge in [0.15, 0.2) is 0 Å². The molecule has 0 unspecified atom stereocenters. The van der Waals surface area contributed by atoms with Gasteiger partial charge >= 0.3 is 0 Å². The second-order valence-corrected chi connectivity index (χ2v) is 5.55. The van der Waals surface area contributed by atoms with E-state index in [-0.39, 0.29) is 11.8 Å². The first-order chi connectivity index (χ1) is 10.0. The van der Waals surface area contributed by atoms with Gasteiger partial charge in [-0.25, -0.2) is 0 Å². The maximum Gasteiger partial charge on any atom is 0.255 e. The van der Waals surface area contributed by atoms with Gasteiger partial charge in [0.05, 0.1) is 23.9 Å². The summed E-state index contributed by atoms with van der Waals surface area (Å²) < 4.78 is 1.77. The molecule has 0 aromatic carbocycles. The number of nitrogens with one attached hydrogen (secondary N) is 2. The lowest BCUT2D eigenvalue weighted by Crippen LogP contribution is -2.45. The van der Waals surface area contributed by atoms with E-state index in [1.165, 1.54) is 0 Å². The van der Waals surface area contributed by atoms with Crippen LogP contribution in [0.1, 0.15) is 28.2 Å². The van der Waals surface area contributed by atoms with Crippen molar-refractivity contribution in [3.8, 4) is 0 Å². The Morgan fingerprint density at radius 2 is 2.38 bits per heavy atom. The highest BCUT2D eigenvalue weighted by atomic mass is 16.3. The van der Waals surface area contributed by atoms with Gasteiger partial charge in [0.1, 0.15) is 0 Å². The molecule has 1 aliphatic heterocycles. The molecule has 0 saturated carbocycles. The smallest absolute Gasteiger partial charge is 0.255 e. The van der Waals surface area contributed by atoms with Crippen LogP contribution in [-0.2, 0) is 6.54 Å². The number of aliphatic hydroxyl groups excluding tert-OH is 1. The molecule has 1 fully saturated rings. The lowest BCUT2D eigenvalue weighted by atomic mass is 9.95. The van der Waals surface area contributed by atoms with Gasteiger partial charge in [0.25, 0.3) is 5.91 Å². The fourth-order valence-electron chi connectivity index (χ4n) is 2.77. The van der Waals surface area contributed by atoms with Gasteiger partial charge in [0, 0.05) is 24.7 Å². The van der Waals surface area contributed by atoms with Crippen LogP contribution in [0.2, 0.25) is 0 Å². The van der Waals surface area contributed by atoms with E-state index < -0.39 is 6.10 Å². The number of nitrogens with zero attached hydrogens (tertiary/aromatic N) is 2. The molecular formula is C15H24N4O2. The van der Waals surface area contributed by atoms with Crippen molar-refractivity contribution < 1.29 is 9.90 Å². The number of aromatic nitrogens is 2. The average molecular weight is 292 g/mol. The van der Waals surface area contributed by atoms with Gasteiger partial charge < -0.3 is 15.7 Å². The van der Waals surface area contributed by atoms with Crippen LogP contribution in [0, 0.1) is 19.8 Å². The largest absolute Gasteiger partial charge is 0.391 e. The molecule has 3 N–H and O–H groups in total. The Morgan fingerprint density at radius 3 is 3.05 bits per heavy atom. The van der Waals surface area contributed by atoms with Crippen LogP contribution < -0.4 is 10.6 Å². The second kappa shape index (κ2) is 6.87. The first-order valence-corrected chi connectivity index (χ1v) is 7.36. The molecule has 0 aliphatic carbocycles. The third-order valence-corrected chi connectivity index (χ3v) is 4.02. The maximum absolute atomic E-state index is 12.4. The summed E-state index contributed by atoms with van der Waals surface area (Å²) >= 11 is 0.